The van der Waals surface area contributed by atoms with Gasteiger partial charge in [0.15, 0.2) is 0 Å². The van der Waals surface area contributed by atoms with Crippen molar-refractivity contribution in [2.75, 3.05) is 0 Å². The van der Waals surface area contributed by atoms with Gasteiger partial charge in [0, 0.05) is 18.5 Å². The summed E-state index contributed by atoms with van der Waals surface area (Å²) in [5.74, 6) is -0.570. The van der Waals surface area contributed by atoms with Gasteiger partial charge < -0.3 is 25.4 Å². The number of nitrogens with one attached hydrogen (secondary N) is 2. The lowest BCUT2D eigenvalue weighted by molar-refractivity contribution is -0.144. The van der Waals surface area contributed by atoms with Gasteiger partial charge in [-0.2, -0.15) is 0 Å². The number of carbonyl (C=O) groups excluding carboxylic acids is 3. The fourth-order valence-corrected chi connectivity index (χ4v) is 4.68. The predicted octanol–water partition coefficient (Wildman–Crippen LogP) is 5.73. The SMILES string of the molecule is CCCC(C)NC(=O)C(c1cc(C)ccc1C)N(C(=O)C(Cc1ccc(O)cc1)NC(=O)OC(C)(C)C)C(C)C. The first-order chi connectivity index (χ1) is 18.6. The maximum Gasteiger partial charge on any atom is 0.408 e. The van der Waals surface area contributed by atoms with Crippen LogP contribution in [0, 0.1) is 13.8 Å². The van der Waals surface area contributed by atoms with Crippen LogP contribution in [0.4, 0.5) is 4.79 Å². The number of benzene rings is 2. The smallest absolute Gasteiger partial charge is 0.408 e. The molecule has 0 bridgehead atoms. The Labute approximate surface area is 239 Å². The van der Waals surface area contributed by atoms with Crippen LogP contribution in [-0.2, 0) is 20.7 Å². The van der Waals surface area contributed by atoms with Crippen molar-refractivity contribution >= 4 is 17.9 Å². The lowest BCUT2D eigenvalue weighted by Crippen LogP contribution is -2.56. The molecule has 2 aromatic carbocycles. The summed E-state index contributed by atoms with van der Waals surface area (Å²) in [6.07, 6.45) is 1.15. The molecule has 0 saturated carbocycles. The minimum atomic E-state index is -1.02. The van der Waals surface area contributed by atoms with Gasteiger partial charge in [-0.1, -0.05) is 49.2 Å². The first-order valence-electron chi connectivity index (χ1n) is 14.1. The van der Waals surface area contributed by atoms with E-state index < -0.39 is 29.7 Å². The van der Waals surface area contributed by atoms with E-state index in [-0.39, 0.29) is 30.2 Å². The predicted molar refractivity (Wildman–Crippen MR) is 158 cm³/mol. The lowest BCUT2D eigenvalue weighted by Gasteiger charge is -2.38. The van der Waals surface area contributed by atoms with Gasteiger partial charge in [-0.3, -0.25) is 9.59 Å². The molecule has 3 N–H and O–H groups in total. The minimum Gasteiger partial charge on any atom is -0.508 e. The van der Waals surface area contributed by atoms with Gasteiger partial charge in [0.2, 0.25) is 11.8 Å². The molecule has 0 aliphatic rings. The second-order valence-electron chi connectivity index (χ2n) is 11.9. The van der Waals surface area contributed by atoms with Crippen molar-refractivity contribution in [2.24, 2.45) is 0 Å². The molecule has 2 aromatic rings. The number of phenols is 1. The highest BCUT2D eigenvalue weighted by molar-refractivity contribution is 5.93. The van der Waals surface area contributed by atoms with Crippen molar-refractivity contribution in [3.8, 4) is 5.75 Å². The van der Waals surface area contributed by atoms with Crippen LogP contribution in [-0.4, -0.2) is 51.6 Å². The Bertz CT molecular complexity index is 1150. The first-order valence-corrected chi connectivity index (χ1v) is 14.1. The second kappa shape index (κ2) is 14.2. The van der Waals surface area contributed by atoms with E-state index in [2.05, 4.69) is 17.6 Å². The third-order valence-corrected chi connectivity index (χ3v) is 6.54. The number of carbonyl (C=O) groups is 3. The van der Waals surface area contributed by atoms with Crippen molar-refractivity contribution in [1.29, 1.82) is 0 Å². The summed E-state index contributed by atoms with van der Waals surface area (Å²) in [7, 11) is 0. The van der Waals surface area contributed by atoms with Crippen molar-refractivity contribution < 1.29 is 24.2 Å². The van der Waals surface area contributed by atoms with E-state index in [1.807, 2.05) is 52.8 Å². The third kappa shape index (κ3) is 9.57. The van der Waals surface area contributed by atoms with Crippen molar-refractivity contribution in [3.05, 3.63) is 64.7 Å². The zero-order chi connectivity index (χ0) is 30.2. The van der Waals surface area contributed by atoms with Gasteiger partial charge in [-0.15, -0.1) is 0 Å². The number of aromatic hydroxyl groups is 1. The van der Waals surface area contributed by atoms with Crippen LogP contribution < -0.4 is 10.6 Å². The molecule has 0 heterocycles. The fraction of sp³-hybridized carbons (Fsp3) is 0.531. The van der Waals surface area contributed by atoms with E-state index in [1.54, 1.807) is 37.8 Å². The number of phenolic OH excluding ortho intramolecular Hbond substituents is 1. The Morgan fingerprint density at radius 1 is 0.975 bits per heavy atom. The van der Waals surface area contributed by atoms with Gasteiger partial charge in [0.1, 0.15) is 23.4 Å². The highest BCUT2D eigenvalue weighted by Gasteiger charge is 2.38. The Morgan fingerprint density at radius 2 is 1.60 bits per heavy atom. The van der Waals surface area contributed by atoms with Crippen LogP contribution in [0.3, 0.4) is 0 Å². The van der Waals surface area contributed by atoms with Crippen LogP contribution in [0.2, 0.25) is 0 Å². The molecule has 8 heteroatoms. The monoisotopic (exact) mass is 553 g/mol. The number of amides is 3. The third-order valence-electron chi connectivity index (χ3n) is 6.54. The fourth-order valence-electron chi connectivity index (χ4n) is 4.68. The van der Waals surface area contributed by atoms with Crippen LogP contribution in [0.1, 0.15) is 89.6 Å². The van der Waals surface area contributed by atoms with E-state index in [0.29, 0.717) is 0 Å². The summed E-state index contributed by atoms with van der Waals surface area (Å²) < 4.78 is 5.48. The number of rotatable bonds is 11. The molecule has 0 fully saturated rings. The Kier molecular flexibility index (Phi) is 11.6. The van der Waals surface area contributed by atoms with Crippen molar-refractivity contribution in [1.82, 2.24) is 15.5 Å². The summed E-state index contributed by atoms with van der Waals surface area (Å²) in [4.78, 5) is 42.8. The zero-order valence-corrected chi connectivity index (χ0v) is 25.5. The molecule has 0 aliphatic heterocycles. The maximum absolute atomic E-state index is 14.4. The van der Waals surface area contributed by atoms with Crippen LogP contribution in [0.15, 0.2) is 42.5 Å². The van der Waals surface area contributed by atoms with Gasteiger partial charge in [-0.05, 0) is 90.6 Å². The van der Waals surface area contributed by atoms with E-state index in [4.69, 9.17) is 4.74 Å². The second-order valence-corrected chi connectivity index (χ2v) is 11.9. The zero-order valence-electron chi connectivity index (χ0n) is 25.5. The average Bonchev–Trinajstić information content (AvgIpc) is 2.83. The molecule has 0 saturated heterocycles. The summed E-state index contributed by atoms with van der Waals surface area (Å²) in [6, 6.07) is 9.99. The number of aryl methyl sites for hydroxylation is 2. The maximum atomic E-state index is 14.4. The molecular formula is C32H47N3O5. The van der Waals surface area contributed by atoms with Crippen LogP contribution in [0.5, 0.6) is 5.75 Å². The normalized spacial score (nSPS) is 13.8. The molecule has 0 radical (unpaired) electrons. The molecule has 0 spiro atoms. The van der Waals surface area contributed by atoms with Crippen molar-refractivity contribution in [2.45, 2.75) is 111 Å². The highest BCUT2D eigenvalue weighted by atomic mass is 16.6. The summed E-state index contributed by atoms with van der Waals surface area (Å²) in [6.45, 7) is 16.9. The number of alkyl carbamates (subject to hydrolysis) is 1. The Morgan fingerprint density at radius 3 is 2.15 bits per heavy atom. The van der Waals surface area contributed by atoms with Crippen LogP contribution >= 0.6 is 0 Å². The lowest BCUT2D eigenvalue weighted by atomic mass is 9.94. The Hall–Kier alpha value is -3.55. The summed E-state index contributed by atoms with van der Waals surface area (Å²) in [5.41, 5.74) is 2.58. The van der Waals surface area contributed by atoms with Crippen molar-refractivity contribution in [3.63, 3.8) is 0 Å². The Balaban J connectivity index is 2.60. The highest BCUT2D eigenvalue weighted by Crippen LogP contribution is 2.29. The molecule has 8 nitrogen and oxygen atoms in total. The molecule has 220 valence electrons. The molecule has 3 unspecified atom stereocenters. The quantitative estimate of drug-likeness (QED) is 0.329. The summed E-state index contributed by atoms with van der Waals surface area (Å²) >= 11 is 0. The minimum absolute atomic E-state index is 0.0677. The molecule has 3 atom stereocenters. The number of ether oxygens (including phenoxy) is 1. The standard InChI is InChI=1S/C32H47N3O5/c1-10-11-23(6)33-29(37)28(26-18-21(4)12-13-22(26)5)35(20(2)3)30(38)27(34-31(39)40-32(7,8)9)19-24-14-16-25(36)17-15-24/h12-18,20,23,27-28,36H,10-11,19H2,1-9H3,(H,33,37)(H,34,39). The van der Waals surface area contributed by atoms with E-state index in [9.17, 15) is 19.5 Å². The molecule has 0 aliphatic carbocycles. The number of nitrogens with zero attached hydrogens (tertiary/aromatic N) is 1. The van der Waals surface area contributed by atoms with Gasteiger partial charge in [0.05, 0.1) is 0 Å². The van der Waals surface area contributed by atoms with Gasteiger partial charge in [0.25, 0.3) is 0 Å². The molecule has 0 aromatic heterocycles. The first kappa shape index (κ1) is 32.7. The van der Waals surface area contributed by atoms with E-state index in [0.717, 1.165) is 35.1 Å². The number of hydrogen-bond donors (Lipinski definition) is 3. The molecule has 40 heavy (non-hydrogen) atoms. The van der Waals surface area contributed by atoms with E-state index >= 15 is 0 Å². The van der Waals surface area contributed by atoms with Gasteiger partial charge in [-0.25, -0.2) is 4.79 Å². The average molecular weight is 554 g/mol. The molecular weight excluding hydrogens is 506 g/mol. The summed E-state index contributed by atoms with van der Waals surface area (Å²) in [5, 5.41) is 15.6. The largest absolute Gasteiger partial charge is 0.508 e. The van der Waals surface area contributed by atoms with Gasteiger partial charge >= 0.3 is 6.09 Å². The van der Waals surface area contributed by atoms with E-state index in [1.165, 1.54) is 12.1 Å². The molecule has 2 rings (SSSR count). The van der Waals surface area contributed by atoms with Crippen LogP contribution in [0.25, 0.3) is 0 Å². The topological polar surface area (TPSA) is 108 Å². The number of hydrogen-bond acceptors (Lipinski definition) is 5. The molecule has 3 amide bonds.